The van der Waals surface area contributed by atoms with Gasteiger partial charge in [0.25, 0.3) is 5.91 Å². The largest absolute Gasteiger partial charge is 0.351 e. The molecule has 0 spiro atoms. The first-order valence-corrected chi connectivity index (χ1v) is 12.4. The number of nitrogens with zero attached hydrogens (tertiary/aromatic N) is 2. The molecule has 1 fully saturated rings. The van der Waals surface area contributed by atoms with Crippen LogP contribution in [-0.4, -0.2) is 72.5 Å². The van der Waals surface area contributed by atoms with E-state index in [0.29, 0.717) is 38.3 Å². The minimum absolute atomic E-state index is 0.0461. The summed E-state index contributed by atoms with van der Waals surface area (Å²) in [6.45, 7) is 12.0. The molecule has 0 unspecified atom stereocenters. The van der Waals surface area contributed by atoms with Crippen LogP contribution in [0.5, 0.6) is 0 Å². The summed E-state index contributed by atoms with van der Waals surface area (Å²) in [4.78, 5) is 14.6. The van der Waals surface area contributed by atoms with Crippen LogP contribution >= 0.6 is 11.8 Å². The van der Waals surface area contributed by atoms with Gasteiger partial charge in [0.15, 0.2) is 0 Å². The Morgan fingerprint density at radius 3 is 2.46 bits per heavy atom. The zero-order chi connectivity index (χ0) is 20.8. The fourth-order valence-electron chi connectivity index (χ4n) is 3.04. The fraction of sp³-hybridized carbons (Fsp3) is 0.650. The Hall–Kier alpha value is -1.09. The highest BCUT2D eigenvalue weighted by atomic mass is 32.2. The van der Waals surface area contributed by atoms with E-state index in [4.69, 9.17) is 0 Å². The molecule has 0 aromatic heterocycles. The van der Waals surface area contributed by atoms with Gasteiger partial charge < -0.3 is 5.32 Å². The topological polar surface area (TPSA) is 69.7 Å². The molecule has 1 aromatic rings. The minimum Gasteiger partial charge on any atom is -0.351 e. The van der Waals surface area contributed by atoms with Crippen LogP contribution in [0.4, 0.5) is 0 Å². The molecule has 1 heterocycles. The van der Waals surface area contributed by atoms with Crippen molar-refractivity contribution in [2.24, 2.45) is 0 Å². The maximum Gasteiger partial charge on any atom is 0.251 e. The monoisotopic (exact) mass is 427 g/mol. The van der Waals surface area contributed by atoms with Crippen LogP contribution in [0, 0.1) is 0 Å². The number of carbonyl (C=O) groups excluding carboxylic acids is 1. The molecule has 2 rings (SSSR count). The number of hydrogen-bond acceptors (Lipinski definition) is 5. The highest BCUT2D eigenvalue weighted by Crippen LogP contribution is 2.22. The van der Waals surface area contributed by atoms with E-state index in [1.54, 1.807) is 11.2 Å². The van der Waals surface area contributed by atoms with E-state index in [1.165, 1.54) is 0 Å². The number of piperazine rings is 1. The predicted molar refractivity (Wildman–Crippen MR) is 117 cm³/mol. The van der Waals surface area contributed by atoms with Crippen molar-refractivity contribution in [3.63, 3.8) is 0 Å². The van der Waals surface area contributed by atoms with Gasteiger partial charge >= 0.3 is 0 Å². The van der Waals surface area contributed by atoms with Gasteiger partial charge in [-0.3, -0.25) is 9.69 Å². The summed E-state index contributed by atoms with van der Waals surface area (Å²) < 4.78 is 25.7. The number of sulfonamides is 1. The Kier molecular flexibility index (Phi) is 8.36. The van der Waals surface area contributed by atoms with Crippen molar-refractivity contribution in [2.75, 3.05) is 44.2 Å². The normalized spacial score (nSPS) is 16.9. The second-order valence-corrected chi connectivity index (χ2v) is 12.2. The molecule has 0 bridgehead atoms. The summed E-state index contributed by atoms with van der Waals surface area (Å²) in [5, 5.41) is 2.98. The highest BCUT2D eigenvalue weighted by Gasteiger charge is 2.25. The third-order valence-electron chi connectivity index (χ3n) is 4.61. The summed E-state index contributed by atoms with van der Waals surface area (Å²) in [7, 11) is -3.10. The molecule has 1 aliphatic heterocycles. The van der Waals surface area contributed by atoms with Crippen molar-refractivity contribution in [3.05, 3.63) is 35.4 Å². The van der Waals surface area contributed by atoms with Gasteiger partial charge in [-0.05, 0) is 24.6 Å². The molecule has 28 heavy (non-hydrogen) atoms. The van der Waals surface area contributed by atoms with Crippen LogP contribution in [-0.2, 0) is 16.6 Å². The molecule has 0 radical (unpaired) electrons. The van der Waals surface area contributed by atoms with Crippen LogP contribution in [0.1, 0.15) is 43.6 Å². The number of nitrogens with one attached hydrogen (secondary N) is 1. The molecular formula is C20H33N3O3S2. The first-order chi connectivity index (χ1) is 13.1. The average molecular weight is 428 g/mol. The van der Waals surface area contributed by atoms with Crippen LogP contribution in [0.3, 0.4) is 0 Å². The van der Waals surface area contributed by atoms with Gasteiger partial charge in [0, 0.05) is 55.3 Å². The van der Waals surface area contributed by atoms with Gasteiger partial charge in [-0.25, -0.2) is 8.42 Å². The highest BCUT2D eigenvalue weighted by molar-refractivity contribution is 8.00. The fourth-order valence-corrected chi connectivity index (χ4v) is 4.94. The van der Waals surface area contributed by atoms with Crippen molar-refractivity contribution in [1.29, 1.82) is 0 Å². The zero-order valence-electron chi connectivity index (χ0n) is 17.4. The Morgan fingerprint density at radius 2 is 1.86 bits per heavy atom. The average Bonchev–Trinajstić information content (AvgIpc) is 2.65. The molecule has 1 saturated heterocycles. The zero-order valence-corrected chi connectivity index (χ0v) is 19.0. The summed E-state index contributed by atoms with van der Waals surface area (Å²) in [6.07, 6.45) is 0. The van der Waals surface area contributed by atoms with Crippen molar-refractivity contribution in [1.82, 2.24) is 14.5 Å². The lowest BCUT2D eigenvalue weighted by molar-refractivity contribution is 0.0956. The van der Waals surface area contributed by atoms with E-state index in [9.17, 15) is 13.2 Å². The van der Waals surface area contributed by atoms with E-state index in [0.717, 1.165) is 17.9 Å². The first kappa shape index (κ1) is 23.2. The standard InChI is InChI=1S/C20H33N3O3S2/c1-5-28(25,26)23-12-10-22(11-13-23)16-17-7-6-8-18(15-17)19(24)21-9-14-27-20(2,3)4/h6-8,15H,5,9-14,16H2,1-4H3,(H,21,24). The van der Waals surface area contributed by atoms with Crippen LogP contribution < -0.4 is 5.32 Å². The lowest BCUT2D eigenvalue weighted by Crippen LogP contribution is -2.48. The molecule has 1 aromatic carbocycles. The number of hydrogen-bond donors (Lipinski definition) is 1. The lowest BCUT2D eigenvalue weighted by atomic mass is 10.1. The van der Waals surface area contributed by atoms with Gasteiger partial charge in [0.2, 0.25) is 10.0 Å². The van der Waals surface area contributed by atoms with Crippen molar-refractivity contribution >= 4 is 27.7 Å². The van der Waals surface area contributed by atoms with Crippen LogP contribution in [0.15, 0.2) is 24.3 Å². The van der Waals surface area contributed by atoms with Gasteiger partial charge in [0.05, 0.1) is 5.75 Å². The molecular weight excluding hydrogens is 394 g/mol. The van der Waals surface area contributed by atoms with Crippen molar-refractivity contribution < 1.29 is 13.2 Å². The number of benzene rings is 1. The van der Waals surface area contributed by atoms with Gasteiger partial charge in [-0.15, -0.1) is 0 Å². The van der Waals surface area contributed by atoms with Gasteiger partial charge in [0.1, 0.15) is 0 Å². The van der Waals surface area contributed by atoms with E-state index in [1.807, 2.05) is 36.0 Å². The molecule has 1 aliphatic rings. The molecule has 0 saturated carbocycles. The van der Waals surface area contributed by atoms with Crippen molar-refractivity contribution in [3.8, 4) is 0 Å². The predicted octanol–water partition coefficient (Wildman–Crippen LogP) is 2.42. The Morgan fingerprint density at radius 1 is 1.18 bits per heavy atom. The number of amides is 1. The minimum atomic E-state index is -3.10. The summed E-state index contributed by atoms with van der Waals surface area (Å²) >= 11 is 1.83. The molecule has 158 valence electrons. The van der Waals surface area contributed by atoms with E-state index < -0.39 is 10.0 Å². The smallest absolute Gasteiger partial charge is 0.251 e. The summed E-state index contributed by atoms with van der Waals surface area (Å²) in [5.41, 5.74) is 1.74. The molecule has 1 amide bonds. The van der Waals surface area contributed by atoms with Gasteiger partial charge in [-0.2, -0.15) is 16.1 Å². The Bertz CT molecular complexity index is 752. The van der Waals surface area contributed by atoms with E-state index in [2.05, 4.69) is 31.0 Å². The third kappa shape index (κ3) is 7.39. The molecule has 8 heteroatoms. The SMILES string of the molecule is CCS(=O)(=O)N1CCN(Cc2cccc(C(=O)NCCSC(C)(C)C)c2)CC1. The van der Waals surface area contributed by atoms with E-state index in [-0.39, 0.29) is 16.4 Å². The van der Waals surface area contributed by atoms with Crippen LogP contribution in [0.2, 0.25) is 0 Å². The maximum absolute atomic E-state index is 12.4. The third-order valence-corrected chi connectivity index (χ3v) is 7.76. The second-order valence-electron chi connectivity index (χ2n) is 7.99. The number of rotatable bonds is 8. The number of carbonyl (C=O) groups is 1. The molecule has 0 aliphatic carbocycles. The second kappa shape index (κ2) is 10.1. The maximum atomic E-state index is 12.4. The quantitative estimate of drug-likeness (QED) is 0.645. The first-order valence-electron chi connectivity index (χ1n) is 9.82. The number of thioether (sulfide) groups is 1. The van der Waals surface area contributed by atoms with E-state index >= 15 is 0 Å². The molecule has 6 nitrogen and oxygen atoms in total. The molecule has 0 atom stereocenters. The Balaban J connectivity index is 1.84. The van der Waals surface area contributed by atoms with Crippen molar-refractivity contribution in [2.45, 2.75) is 39.0 Å². The van der Waals surface area contributed by atoms with Crippen LogP contribution in [0.25, 0.3) is 0 Å². The van der Waals surface area contributed by atoms with Gasteiger partial charge in [-0.1, -0.05) is 32.9 Å². The summed E-state index contributed by atoms with van der Waals surface area (Å²) in [5.74, 6) is 0.994. The lowest BCUT2D eigenvalue weighted by Gasteiger charge is -2.33. The molecule has 1 N–H and O–H groups in total. The Labute approximate surface area is 174 Å². The summed E-state index contributed by atoms with van der Waals surface area (Å²) in [6, 6.07) is 7.69.